The van der Waals surface area contributed by atoms with Gasteiger partial charge in [0.2, 0.25) is 0 Å². The predicted octanol–water partition coefficient (Wildman–Crippen LogP) is 2.12. The molecule has 1 saturated heterocycles. The van der Waals surface area contributed by atoms with Crippen molar-refractivity contribution in [1.29, 1.82) is 5.26 Å². The summed E-state index contributed by atoms with van der Waals surface area (Å²) >= 11 is 0. The summed E-state index contributed by atoms with van der Waals surface area (Å²) in [5.41, 5.74) is 7.72. The molecule has 1 fully saturated rings. The average Bonchev–Trinajstić information content (AvgIpc) is 2.38. The maximum atomic E-state index is 8.77. The molecule has 17 heavy (non-hydrogen) atoms. The zero-order valence-electron chi connectivity index (χ0n) is 9.78. The third-order valence-corrected chi connectivity index (χ3v) is 2.98. The van der Waals surface area contributed by atoms with Crippen LogP contribution in [0.25, 0.3) is 0 Å². The van der Waals surface area contributed by atoms with Crippen molar-refractivity contribution >= 4 is 11.4 Å². The number of benzene rings is 1. The van der Waals surface area contributed by atoms with Gasteiger partial charge >= 0.3 is 0 Å². The lowest BCUT2D eigenvalue weighted by Gasteiger charge is -2.23. The van der Waals surface area contributed by atoms with Gasteiger partial charge in [-0.15, -0.1) is 0 Å². The van der Waals surface area contributed by atoms with Crippen molar-refractivity contribution < 1.29 is 4.74 Å². The zero-order chi connectivity index (χ0) is 12.1. The van der Waals surface area contributed by atoms with Crippen LogP contribution in [0, 0.1) is 11.3 Å². The number of nitrogens with one attached hydrogen (secondary N) is 1. The minimum Gasteiger partial charge on any atom is -0.398 e. The molecule has 0 amide bonds. The second kappa shape index (κ2) is 5.55. The first-order valence-corrected chi connectivity index (χ1v) is 5.94. The Bertz CT molecular complexity index is 419. The molecule has 4 nitrogen and oxygen atoms in total. The molecule has 2 rings (SSSR count). The Morgan fingerprint density at radius 1 is 1.47 bits per heavy atom. The van der Waals surface area contributed by atoms with Gasteiger partial charge in [0.25, 0.3) is 0 Å². The summed E-state index contributed by atoms with van der Waals surface area (Å²) in [6.45, 7) is 1.66. The van der Waals surface area contributed by atoms with E-state index >= 15 is 0 Å². The number of anilines is 2. The van der Waals surface area contributed by atoms with E-state index in [1.165, 1.54) is 12.8 Å². The Morgan fingerprint density at radius 3 is 3.00 bits per heavy atom. The Hall–Kier alpha value is -1.73. The molecule has 1 aliphatic heterocycles. The van der Waals surface area contributed by atoms with Crippen LogP contribution in [0.5, 0.6) is 0 Å². The Kier molecular flexibility index (Phi) is 3.84. The summed E-state index contributed by atoms with van der Waals surface area (Å²) in [4.78, 5) is 0. The third-order valence-electron chi connectivity index (χ3n) is 2.98. The number of nitrogens with two attached hydrogens (primary N) is 1. The molecular weight excluding hydrogens is 214 g/mol. The van der Waals surface area contributed by atoms with Crippen molar-refractivity contribution in [3.8, 4) is 6.07 Å². The van der Waals surface area contributed by atoms with Crippen molar-refractivity contribution in [3.63, 3.8) is 0 Å². The SMILES string of the molecule is N#Cc1ccc(NCC2CCCCO2)cc1N. The minimum atomic E-state index is 0.292. The van der Waals surface area contributed by atoms with Crippen LogP contribution in [-0.4, -0.2) is 19.3 Å². The Morgan fingerprint density at radius 2 is 2.35 bits per heavy atom. The van der Waals surface area contributed by atoms with E-state index in [0.717, 1.165) is 25.3 Å². The van der Waals surface area contributed by atoms with E-state index in [9.17, 15) is 0 Å². The van der Waals surface area contributed by atoms with Crippen LogP contribution in [0.2, 0.25) is 0 Å². The molecular formula is C13H17N3O. The number of nitrogen functional groups attached to an aromatic ring is 1. The first kappa shape index (κ1) is 11.7. The van der Waals surface area contributed by atoms with Crippen LogP contribution >= 0.6 is 0 Å². The molecule has 3 N–H and O–H groups in total. The average molecular weight is 231 g/mol. The molecule has 0 radical (unpaired) electrons. The fourth-order valence-electron chi connectivity index (χ4n) is 1.97. The fraction of sp³-hybridized carbons (Fsp3) is 0.462. The topological polar surface area (TPSA) is 71.1 Å². The van der Waals surface area contributed by atoms with E-state index in [0.29, 0.717) is 17.4 Å². The van der Waals surface area contributed by atoms with Crippen molar-refractivity contribution in [3.05, 3.63) is 23.8 Å². The summed E-state index contributed by atoms with van der Waals surface area (Å²) < 4.78 is 5.63. The van der Waals surface area contributed by atoms with Gasteiger partial charge in [0.15, 0.2) is 0 Å². The molecule has 1 atom stereocenters. The lowest BCUT2D eigenvalue weighted by Crippen LogP contribution is -2.26. The van der Waals surface area contributed by atoms with Crippen LogP contribution in [0.4, 0.5) is 11.4 Å². The molecule has 0 aromatic heterocycles. The van der Waals surface area contributed by atoms with E-state index < -0.39 is 0 Å². The van der Waals surface area contributed by atoms with E-state index in [1.54, 1.807) is 12.1 Å². The minimum absolute atomic E-state index is 0.292. The van der Waals surface area contributed by atoms with Gasteiger partial charge in [-0.05, 0) is 37.5 Å². The highest BCUT2D eigenvalue weighted by atomic mass is 16.5. The maximum Gasteiger partial charge on any atom is 0.101 e. The molecule has 1 unspecified atom stereocenters. The van der Waals surface area contributed by atoms with Gasteiger partial charge in [0.1, 0.15) is 6.07 Å². The number of hydrogen-bond donors (Lipinski definition) is 2. The van der Waals surface area contributed by atoms with Crippen LogP contribution in [0.15, 0.2) is 18.2 Å². The van der Waals surface area contributed by atoms with Gasteiger partial charge in [-0.1, -0.05) is 0 Å². The maximum absolute atomic E-state index is 8.77. The molecule has 90 valence electrons. The summed E-state index contributed by atoms with van der Waals surface area (Å²) in [6.07, 6.45) is 3.81. The normalized spacial score (nSPS) is 19.6. The molecule has 4 heteroatoms. The highest BCUT2D eigenvalue weighted by molar-refractivity contribution is 5.62. The lowest BCUT2D eigenvalue weighted by molar-refractivity contribution is 0.0247. The highest BCUT2D eigenvalue weighted by Gasteiger charge is 2.13. The second-order valence-corrected chi connectivity index (χ2v) is 4.28. The number of hydrogen-bond acceptors (Lipinski definition) is 4. The van der Waals surface area contributed by atoms with Crippen molar-refractivity contribution in [1.82, 2.24) is 0 Å². The van der Waals surface area contributed by atoms with Gasteiger partial charge < -0.3 is 15.8 Å². The molecule has 1 aromatic carbocycles. The fourth-order valence-corrected chi connectivity index (χ4v) is 1.97. The molecule has 1 aromatic rings. The summed E-state index contributed by atoms with van der Waals surface area (Å²) in [7, 11) is 0. The third kappa shape index (κ3) is 3.11. The molecule has 0 bridgehead atoms. The number of ether oxygens (including phenoxy) is 1. The standard InChI is InChI=1S/C13H17N3O/c14-8-10-4-5-11(7-13(10)15)16-9-12-3-1-2-6-17-12/h4-5,7,12,16H,1-3,6,9,15H2. The summed E-state index contributed by atoms with van der Waals surface area (Å²) in [5, 5.41) is 12.1. The Balaban J connectivity index is 1.90. The lowest BCUT2D eigenvalue weighted by atomic mass is 10.1. The second-order valence-electron chi connectivity index (χ2n) is 4.28. The van der Waals surface area contributed by atoms with Gasteiger partial charge in [0, 0.05) is 18.8 Å². The monoisotopic (exact) mass is 231 g/mol. The van der Waals surface area contributed by atoms with Gasteiger partial charge in [-0.25, -0.2) is 0 Å². The van der Waals surface area contributed by atoms with E-state index in [2.05, 4.69) is 11.4 Å². The smallest absolute Gasteiger partial charge is 0.101 e. The van der Waals surface area contributed by atoms with Crippen molar-refractivity contribution in [2.45, 2.75) is 25.4 Å². The van der Waals surface area contributed by atoms with E-state index in [-0.39, 0.29) is 0 Å². The Labute approximate surface area is 101 Å². The van der Waals surface area contributed by atoms with Gasteiger partial charge in [0.05, 0.1) is 17.4 Å². The molecule has 0 spiro atoms. The van der Waals surface area contributed by atoms with E-state index in [1.807, 2.05) is 6.07 Å². The first-order valence-electron chi connectivity index (χ1n) is 5.94. The summed E-state index contributed by atoms with van der Waals surface area (Å²) in [6, 6.07) is 7.45. The largest absolute Gasteiger partial charge is 0.398 e. The van der Waals surface area contributed by atoms with Crippen LogP contribution < -0.4 is 11.1 Å². The van der Waals surface area contributed by atoms with Crippen molar-refractivity contribution in [2.24, 2.45) is 0 Å². The number of nitrogens with zero attached hydrogens (tertiary/aromatic N) is 1. The van der Waals surface area contributed by atoms with E-state index in [4.69, 9.17) is 15.7 Å². The van der Waals surface area contributed by atoms with Crippen LogP contribution in [-0.2, 0) is 4.74 Å². The highest BCUT2D eigenvalue weighted by Crippen LogP contribution is 2.18. The quantitative estimate of drug-likeness (QED) is 0.782. The molecule has 1 aliphatic rings. The first-order chi connectivity index (χ1) is 8.29. The van der Waals surface area contributed by atoms with Crippen molar-refractivity contribution in [2.75, 3.05) is 24.2 Å². The zero-order valence-corrected chi connectivity index (χ0v) is 9.78. The molecule has 0 saturated carbocycles. The van der Waals surface area contributed by atoms with Crippen LogP contribution in [0.1, 0.15) is 24.8 Å². The van der Waals surface area contributed by atoms with Gasteiger partial charge in [-0.2, -0.15) is 5.26 Å². The predicted molar refractivity (Wildman–Crippen MR) is 67.7 cm³/mol. The summed E-state index contributed by atoms with van der Waals surface area (Å²) in [5.74, 6) is 0. The number of nitriles is 1. The molecule has 1 heterocycles. The van der Waals surface area contributed by atoms with Gasteiger partial charge in [-0.3, -0.25) is 0 Å². The molecule has 0 aliphatic carbocycles. The van der Waals surface area contributed by atoms with Crippen LogP contribution in [0.3, 0.4) is 0 Å². The number of rotatable bonds is 3.